The molecular formula is C52H28Se2. The van der Waals surface area contributed by atoms with Gasteiger partial charge >= 0.3 is 324 Å². The molecule has 16 rings (SSSR count). The van der Waals surface area contributed by atoms with Crippen molar-refractivity contribution in [1.29, 1.82) is 0 Å². The summed E-state index contributed by atoms with van der Waals surface area (Å²) >= 11 is 0.786. The molecule has 0 nitrogen and oxygen atoms in total. The van der Waals surface area contributed by atoms with Gasteiger partial charge in [-0.25, -0.2) is 0 Å². The average molecular weight is 811 g/mol. The zero-order valence-electron chi connectivity index (χ0n) is 29.2. The Balaban J connectivity index is 1.08. The third-order valence-electron chi connectivity index (χ3n) is 13.6. The van der Waals surface area contributed by atoms with E-state index in [0.717, 1.165) is 21.3 Å². The zero-order chi connectivity index (χ0) is 34.6. The molecule has 248 valence electrons. The van der Waals surface area contributed by atoms with Gasteiger partial charge in [0.05, 0.1) is 0 Å². The zero-order valence-corrected chi connectivity index (χ0v) is 32.6. The Hall–Kier alpha value is -5.20. The molecule has 0 amide bonds. The number of rotatable bonds is 0. The van der Waals surface area contributed by atoms with E-state index >= 15 is 0 Å². The quantitative estimate of drug-likeness (QED) is 0.0813. The molecule has 0 aliphatic carbocycles. The van der Waals surface area contributed by atoms with Crippen molar-refractivity contribution in [3.05, 3.63) is 144 Å². The van der Waals surface area contributed by atoms with E-state index in [0.29, 0.717) is 29.9 Å². The molecule has 14 aromatic rings. The van der Waals surface area contributed by atoms with Gasteiger partial charge in [-0.15, -0.1) is 0 Å². The van der Waals surface area contributed by atoms with Crippen LogP contribution in [0.5, 0.6) is 0 Å². The van der Waals surface area contributed by atoms with Gasteiger partial charge in [0.25, 0.3) is 0 Å². The van der Waals surface area contributed by atoms with Crippen LogP contribution in [0, 0.1) is 0 Å². The van der Waals surface area contributed by atoms with Gasteiger partial charge in [-0.1, -0.05) is 0 Å². The Morgan fingerprint density at radius 1 is 0.222 bits per heavy atom. The van der Waals surface area contributed by atoms with Gasteiger partial charge in [0.15, 0.2) is 0 Å². The van der Waals surface area contributed by atoms with Crippen molar-refractivity contribution in [3.63, 3.8) is 0 Å². The van der Waals surface area contributed by atoms with Crippen molar-refractivity contribution in [2.75, 3.05) is 0 Å². The van der Waals surface area contributed by atoms with Crippen LogP contribution in [0.4, 0.5) is 0 Å². The Morgan fingerprint density at radius 2 is 0.426 bits per heavy atom. The minimum absolute atomic E-state index is 0.393. The first-order valence-corrected chi connectivity index (χ1v) is 24.0. The third kappa shape index (κ3) is 3.21. The molecule has 2 heteroatoms. The SMILES string of the molecule is c1cc2ccc3c4cc5ccc6cc(c7ccc1c1c2c3c5c6c71)C[Se]Cc1cc2ccc3cc(c5ccc6ccc7ccc1c1c7c6c5c3c21)C[Se]C4. The summed E-state index contributed by atoms with van der Waals surface area (Å²) in [5.74, 6) is 0. The Bertz CT molecular complexity index is 3340. The Morgan fingerprint density at radius 3 is 0.685 bits per heavy atom. The molecule has 2 aliphatic heterocycles. The summed E-state index contributed by atoms with van der Waals surface area (Å²) < 4.78 is 0. The molecule has 54 heavy (non-hydrogen) atoms. The van der Waals surface area contributed by atoms with E-state index < -0.39 is 0 Å². The van der Waals surface area contributed by atoms with Crippen LogP contribution in [0.25, 0.3) is 129 Å². The van der Waals surface area contributed by atoms with Crippen LogP contribution >= 0.6 is 0 Å². The molecule has 0 saturated heterocycles. The van der Waals surface area contributed by atoms with E-state index in [-0.39, 0.29) is 0 Å². The topological polar surface area (TPSA) is 0 Å². The molecule has 0 spiro atoms. The number of hydrogen-bond donors (Lipinski definition) is 0. The van der Waals surface area contributed by atoms with Crippen molar-refractivity contribution in [2.45, 2.75) is 21.3 Å². The van der Waals surface area contributed by atoms with Crippen LogP contribution in [-0.2, 0) is 21.3 Å². The fraction of sp³-hybridized carbons (Fsp3) is 0.0769. The van der Waals surface area contributed by atoms with Crippen LogP contribution < -0.4 is 0 Å². The maximum atomic E-state index is 2.57. The van der Waals surface area contributed by atoms with Crippen LogP contribution in [0.2, 0.25) is 0 Å². The fourth-order valence-electron chi connectivity index (χ4n) is 11.5. The van der Waals surface area contributed by atoms with Gasteiger partial charge in [-0.05, 0) is 0 Å². The normalized spacial score (nSPS) is 15.0. The minimum atomic E-state index is 0.393. The second-order valence-corrected chi connectivity index (χ2v) is 20.3. The third-order valence-corrected chi connectivity index (χ3v) is 17.9. The number of benzene rings is 14. The monoisotopic (exact) mass is 812 g/mol. The summed E-state index contributed by atoms with van der Waals surface area (Å²) in [6, 6.07) is 49.0. The molecule has 0 atom stereocenters. The van der Waals surface area contributed by atoms with Gasteiger partial charge < -0.3 is 0 Å². The van der Waals surface area contributed by atoms with Crippen LogP contribution in [0.15, 0.2) is 121 Å². The standard InChI is InChI=1S/C52H28Se2/c1-2-26-10-14-38-34-18-30-6-5-29-17-33(37-13-9-25(1)41-42(26)50(38)46(30)45(29)49(37)41)21-53-23-35-19-31-7-8-32-20-36(24-54-22-34)40-16-12-28-4-3-27-11-15-39(35)51-43(27)44(28)52(40)48(32)47(31)51/h1-20H,21-24H2. The molecular weight excluding hydrogens is 782 g/mol. The Kier molecular flexibility index (Phi) is 4.99. The molecule has 2 heterocycles. The second kappa shape index (κ2) is 9.53. The summed E-state index contributed by atoms with van der Waals surface area (Å²) in [6.45, 7) is 0. The first-order valence-electron chi connectivity index (χ1n) is 19.2. The molecule has 0 aromatic heterocycles. The molecule has 0 unspecified atom stereocenters. The van der Waals surface area contributed by atoms with Crippen molar-refractivity contribution in [2.24, 2.45) is 0 Å². The van der Waals surface area contributed by atoms with Crippen molar-refractivity contribution in [3.8, 4) is 0 Å². The molecule has 0 saturated carbocycles. The fourth-order valence-corrected chi connectivity index (χ4v) is 15.8. The van der Waals surface area contributed by atoms with E-state index in [1.165, 1.54) is 152 Å². The molecule has 2 aliphatic rings. The van der Waals surface area contributed by atoms with Crippen molar-refractivity contribution in [1.82, 2.24) is 0 Å². The molecule has 0 radical (unpaired) electrons. The maximum absolute atomic E-state index is 2.57. The summed E-state index contributed by atoms with van der Waals surface area (Å²) in [7, 11) is 0. The summed E-state index contributed by atoms with van der Waals surface area (Å²) in [5.41, 5.74) is 6.07. The van der Waals surface area contributed by atoms with E-state index in [9.17, 15) is 0 Å². The van der Waals surface area contributed by atoms with Gasteiger partial charge in [0, 0.05) is 0 Å². The van der Waals surface area contributed by atoms with Gasteiger partial charge in [0.1, 0.15) is 0 Å². The van der Waals surface area contributed by atoms with Gasteiger partial charge in [-0.3, -0.25) is 0 Å². The number of hydrogen-bond acceptors (Lipinski definition) is 0. The van der Waals surface area contributed by atoms with E-state index in [1.54, 1.807) is 0 Å². The summed E-state index contributed by atoms with van der Waals surface area (Å²) in [6.07, 6.45) is 0. The van der Waals surface area contributed by atoms with Gasteiger partial charge in [-0.2, -0.15) is 0 Å². The molecule has 14 aromatic carbocycles. The van der Waals surface area contributed by atoms with E-state index in [2.05, 4.69) is 121 Å². The number of fused-ring (bicyclic) bond motifs is 5. The van der Waals surface area contributed by atoms with Crippen molar-refractivity contribution < 1.29 is 0 Å². The molecule has 0 fully saturated rings. The van der Waals surface area contributed by atoms with Crippen molar-refractivity contribution >= 4 is 159 Å². The predicted molar refractivity (Wildman–Crippen MR) is 236 cm³/mol. The predicted octanol–water partition coefficient (Wildman–Crippen LogP) is 13.3. The average Bonchev–Trinajstić information content (AvgIpc) is 3.21. The van der Waals surface area contributed by atoms with Crippen LogP contribution in [0.1, 0.15) is 22.3 Å². The molecule has 14 bridgehead atoms. The van der Waals surface area contributed by atoms with Crippen LogP contribution in [-0.4, -0.2) is 29.9 Å². The first-order chi connectivity index (χ1) is 26.8. The summed E-state index contributed by atoms with van der Waals surface area (Å²) in [4.78, 5) is 0. The first kappa shape index (κ1) is 28.3. The molecule has 0 N–H and O–H groups in total. The van der Waals surface area contributed by atoms with Crippen LogP contribution in [0.3, 0.4) is 0 Å². The summed E-state index contributed by atoms with van der Waals surface area (Å²) in [5, 5.41) is 39.3. The van der Waals surface area contributed by atoms with E-state index in [1.807, 2.05) is 0 Å². The second-order valence-electron chi connectivity index (χ2n) is 16.1. The van der Waals surface area contributed by atoms with Gasteiger partial charge in [0.2, 0.25) is 0 Å². The van der Waals surface area contributed by atoms with E-state index in [4.69, 9.17) is 0 Å². The Labute approximate surface area is 322 Å².